The maximum absolute atomic E-state index is 12.4. The number of rotatable bonds is 9. The summed E-state index contributed by atoms with van der Waals surface area (Å²) in [6.07, 6.45) is 2.08. The van der Waals surface area contributed by atoms with Crippen LogP contribution in [0.5, 0.6) is 11.5 Å². The van der Waals surface area contributed by atoms with Crippen molar-refractivity contribution in [3.63, 3.8) is 0 Å². The van der Waals surface area contributed by atoms with Crippen molar-refractivity contribution in [1.82, 2.24) is 5.43 Å². The quantitative estimate of drug-likeness (QED) is 0.132. The van der Waals surface area contributed by atoms with Gasteiger partial charge in [-0.3, -0.25) is 14.4 Å². The summed E-state index contributed by atoms with van der Waals surface area (Å²) >= 11 is 8.15. The number of methoxy groups -OCH3 is 1. The highest BCUT2D eigenvalue weighted by molar-refractivity contribution is 14.1. The van der Waals surface area contributed by atoms with Crippen molar-refractivity contribution in [2.75, 3.05) is 24.4 Å². The van der Waals surface area contributed by atoms with Gasteiger partial charge in [0.25, 0.3) is 5.91 Å². The molecule has 0 unspecified atom stereocenters. The molecule has 3 aromatic carbocycles. The Hall–Kier alpha value is -3.64. The Morgan fingerprint density at radius 1 is 1.05 bits per heavy atom. The lowest BCUT2D eigenvalue weighted by atomic mass is 10.1. The first-order chi connectivity index (χ1) is 18.2. The van der Waals surface area contributed by atoms with Gasteiger partial charge in [-0.25, -0.2) is 5.43 Å². The van der Waals surface area contributed by atoms with Crippen LogP contribution < -0.4 is 25.5 Å². The molecule has 198 valence electrons. The topological polar surface area (TPSA) is 118 Å². The minimum Gasteiger partial charge on any atom is -0.493 e. The Labute approximate surface area is 239 Å². The van der Waals surface area contributed by atoms with E-state index in [9.17, 15) is 14.4 Å². The Kier molecular flexibility index (Phi) is 10.5. The number of hydrogen-bond acceptors (Lipinski definition) is 6. The normalized spacial score (nSPS) is 10.7. The maximum Gasteiger partial charge on any atom is 0.329 e. The smallest absolute Gasteiger partial charge is 0.329 e. The Bertz CT molecular complexity index is 1380. The predicted octanol–water partition coefficient (Wildman–Crippen LogP) is 4.93. The third kappa shape index (κ3) is 7.93. The van der Waals surface area contributed by atoms with E-state index in [2.05, 4.69) is 21.2 Å². The second kappa shape index (κ2) is 13.8. The van der Waals surface area contributed by atoms with Crippen molar-refractivity contribution in [1.29, 1.82) is 0 Å². The fraction of sp³-hybridized carbons (Fsp3) is 0.185. The van der Waals surface area contributed by atoms with E-state index in [-0.39, 0.29) is 12.5 Å². The highest BCUT2D eigenvalue weighted by atomic mass is 127. The number of carbonyl (C=O) groups is 3. The summed E-state index contributed by atoms with van der Waals surface area (Å²) in [4.78, 5) is 36.7. The molecular weight excluding hydrogens is 623 g/mol. The van der Waals surface area contributed by atoms with E-state index in [4.69, 9.17) is 21.1 Å². The van der Waals surface area contributed by atoms with Crippen LogP contribution in [0.15, 0.2) is 59.7 Å². The summed E-state index contributed by atoms with van der Waals surface area (Å²) in [6, 6.07) is 15.8. The van der Waals surface area contributed by atoms with Crippen molar-refractivity contribution in [3.05, 3.63) is 79.9 Å². The SMILES string of the molecule is CCc1ccccc1NC(=O)C(=O)N/N=C\c1cc(I)c(OCC(=O)Nc2ccc(C)c(Cl)c2)c(OC)c1. The van der Waals surface area contributed by atoms with Gasteiger partial charge < -0.3 is 20.1 Å². The van der Waals surface area contributed by atoms with Crippen LogP contribution in [0.3, 0.4) is 0 Å². The lowest BCUT2D eigenvalue weighted by molar-refractivity contribution is -0.136. The summed E-state index contributed by atoms with van der Waals surface area (Å²) in [7, 11) is 1.47. The van der Waals surface area contributed by atoms with Crippen molar-refractivity contribution < 1.29 is 23.9 Å². The molecule has 0 aromatic heterocycles. The fourth-order valence-corrected chi connectivity index (χ4v) is 4.27. The molecule has 0 aliphatic rings. The van der Waals surface area contributed by atoms with Crippen LogP contribution in [-0.4, -0.2) is 37.7 Å². The molecule has 0 spiro atoms. The lowest BCUT2D eigenvalue weighted by Crippen LogP contribution is -2.32. The van der Waals surface area contributed by atoms with Gasteiger partial charge in [-0.2, -0.15) is 5.10 Å². The monoisotopic (exact) mass is 648 g/mol. The number of ether oxygens (including phenoxy) is 2. The van der Waals surface area contributed by atoms with E-state index in [0.29, 0.717) is 43.5 Å². The number of benzene rings is 3. The van der Waals surface area contributed by atoms with E-state index >= 15 is 0 Å². The van der Waals surface area contributed by atoms with E-state index in [1.165, 1.54) is 13.3 Å². The molecule has 9 nitrogen and oxygen atoms in total. The molecule has 0 fully saturated rings. The van der Waals surface area contributed by atoms with E-state index in [1.807, 2.05) is 54.6 Å². The second-order valence-electron chi connectivity index (χ2n) is 8.00. The molecule has 0 aliphatic heterocycles. The first-order valence-electron chi connectivity index (χ1n) is 11.5. The van der Waals surface area contributed by atoms with Gasteiger partial charge in [0.05, 0.1) is 16.9 Å². The number of para-hydroxylation sites is 1. The third-order valence-corrected chi connectivity index (χ3v) is 6.50. The summed E-state index contributed by atoms with van der Waals surface area (Å²) in [5, 5.41) is 9.74. The number of nitrogens with zero attached hydrogens (tertiary/aromatic N) is 1. The maximum atomic E-state index is 12.4. The number of aryl methyl sites for hydroxylation is 2. The van der Waals surface area contributed by atoms with Crippen molar-refractivity contribution in [2.24, 2.45) is 5.10 Å². The zero-order valence-corrected chi connectivity index (χ0v) is 23.8. The number of hydrogen-bond donors (Lipinski definition) is 3. The molecule has 0 atom stereocenters. The summed E-state index contributed by atoms with van der Waals surface area (Å²) in [6.45, 7) is 3.58. The molecule has 3 N–H and O–H groups in total. The number of hydrazone groups is 1. The highest BCUT2D eigenvalue weighted by Gasteiger charge is 2.16. The molecule has 0 saturated carbocycles. The number of anilines is 2. The van der Waals surface area contributed by atoms with E-state index < -0.39 is 11.8 Å². The molecule has 3 rings (SSSR count). The first kappa shape index (κ1) is 28.9. The standard InChI is InChI=1S/C27H26ClIN4O5/c1-4-18-7-5-6-8-22(18)32-26(35)27(36)33-30-14-17-11-21(29)25(23(12-17)37-3)38-15-24(34)31-19-10-9-16(2)20(28)13-19/h5-14H,4,15H2,1-3H3,(H,31,34)(H,32,35)(H,33,36)/b30-14-. The molecular formula is C27H26ClIN4O5. The Morgan fingerprint density at radius 2 is 1.82 bits per heavy atom. The molecule has 0 aliphatic carbocycles. The van der Waals surface area contributed by atoms with E-state index in [0.717, 1.165) is 11.1 Å². The summed E-state index contributed by atoms with van der Waals surface area (Å²) < 4.78 is 11.8. The van der Waals surface area contributed by atoms with E-state index in [1.54, 1.807) is 36.4 Å². The second-order valence-corrected chi connectivity index (χ2v) is 9.57. The molecule has 3 amide bonds. The predicted molar refractivity (Wildman–Crippen MR) is 156 cm³/mol. The zero-order chi connectivity index (χ0) is 27.7. The van der Waals surface area contributed by atoms with Crippen LogP contribution >= 0.6 is 34.2 Å². The summed E-state index contributed by atoms with van der Waals surface area (Å²) in [5.41, 5.74) is 5.75. The molecule has 11 heteroatoms. The van der Waals surface area contributed by atoms with Crippen LogP contribution in [0, 0.1) is 10.5 Å². The Morgan fingerprint density at radius 3 is 2.53 bits per heavy atom. The van der Waals surface area contributed by atoms with Gasteiger partial charge in [-0.05, 0) is 83.0 Å². The molecule has 0 radical (unpaired) electrons. The Balaban J connectivity index is 1.59. The summed E-state index contributed by atoms with van der Waals surface area (Å²) in [5.74, 6) is -1.36. The number of carbonyl (C=O) groups excluding carboxylic acids is 3. The molecule has 0 heterocycles. The van der Waals surface area contributed by atoms with Gasteiger partial charge in [-0.1, -0.05) is 42.8 Å². The number of amides is 3. The molecule has 0 saturated heterocycles. The van der Waals surface area contributed by atoms with Crippen LogP contribution in [-0.2, 0) is 20.8 Å². The van der Waals surface area contributed by atoms with Gasteiger partial charge in [-0.15, -0.1) is 0 Å². The van der Waals surface area contributed by atoms with Crippen molar-refractivity contribution in [2.45, 2.75) is 20.3 Å². The highest BCUT2D eigenvalue weighted by Crippen LogP contribution is 2.33. The lowest BCUT2D eigenvalue weighted by Gasteiger charge is -2.14. The minimum absolute atomic E-state index is 0.252. The zero-order valence-electron chi connectivity index (χ0n) is 20.9. The van der Waals surface area contributed by atoms with Gasteiger partial charge >= 0.3 is 11.8 Å². The third-order valence-electron chi connectivity index (χ3n) is 5.29. The molecule has 38 heavy (non-hydrogen) atoms. The van der Waals surface area contributed by atoms with Crippen molar-refractivity contribution in [3.8, 4) is 11.5 Å². The van der Waals surface area contributed by atoms with Crippen LogP contribution in [0.25, 0.3) is 0 Å². The largest absolute Gasteiger partial charge is 0.493 e. The van der Waals surface area contributed by atoms with Gasteiger partial charge in [0.15, 0.2) is 18.1 Å². The fourth-order valence-electron chi connectivity index (χ4n) is 3.31. The average molecular weight is 649 g/mol. The average Bonchev–Trinajstić information content (AvgIpc) is 2.90. The molecule has 0 bridgehead atoms. The van der Waals surface area contributed by atoms with Gasteiger partial charge in [0, 0.05) is 16.4 Å². The van der Waals surface area contributed by atoms with Gasteiger partial charge in [0.1, 0.15) is 0 Å². The number of nitrogens with one attached hydrogen (secondary N) is 3. The number of halogens is 2. The van der Waals surface area contributed by atoms with Gasteiger partial charge in [0.2, 0.25) is 0 Å². The molecule has 3 aromatic rings. The van der Waals surface area contributed by atoms with Crippen molar-refractivity contribution >= 4 is 69.5 Å². The van der Waals surface area contributed by atoms with Crippen LogP contribution in [0.2, 0.25) is 5.02 Å². The van der Waals surface area contributed by atoms with Crippen LogP contribution in [0.1, 0.15) is 23.6 Å². The first-order valence-corrected chi connectivity index (χ1v) is 13.0. The van der Waals surface area contributed by atoms with Crippen LogP contribution in [0.4, 0.5) is 11.4 Å². The minimum atomic E-state index is -0.908.